The predicted octanol–water partition coefficient (Wildman–Crippen LogP) is 3.15. The molecule has 2 aliphatic rings. The van der Waals surface area contributed by atoms with Gasteiger partial charge in [0, 0.05) is 26.2 Å². The van der Waals surface area contributed by atoms with Crippen LogP contribution < -0.4 is 4.74 Å². The zero-order valence-electron chi connectivity index (χ0n) is 18.4. The van der Waals surface area contributed by atoms with Gasteiger partial charge in [-0.2, -0.15) is 0 Å². The third-order valence-electron chi connectivity index (χ3n) is 5.81. The molecule has 3 heterocycles. The molecule has 0 bridgehead atoms. The number of ketones is 1. The molecule has 1 aromatic carbocycles. The maximum atomic E-state index is 13.2. The molecule has 1 atom stereocenters. The summed E-state index contributed by atoms with van der Waals surface area (Å²) in [6.45, 7) is 8.28. The Morgan fingerprint density at radius 1 is 1.21 bits per heavy atom. The summed E-state index contributed by atoms with van der Waals surface area (Å²) in [5.41, 5.74) is 0.692. The lowest BCUT2D eigenvalue weighted by Crippen LogP contribution is -2.39. The summed E-state index contributed by atoms with van der Waals surface area (Å²) in [5.74, 6) is -0.948. The molecule has 1 saturated heterocycles. The monoisotopic (exact) mass is 452 g/mol. The van der Waals surface area contributed by atoms with Crippen LogP contribution in [0.2, 0.25) is 0 Å². The van der Waals surface area contributed by atoms with Crippen LogP contribution in [0.4, 0.5) is 0 Å². The van der Waals surface area contributed by atoms with Crippen LogP contribution in [0.5, 0.6) is 5.75 Å². The first-order valence-electron chi connectivity index (χ1n) is 11.1. The van der Waals surface area contributed by atoms with E-state index in [2.05, 4.69) is 11.5 Å². The van der Waals surface area contributed by atoms with Gasteiger partial charge in [0.15, 0.2) is 11.5 Å². The molecule has 4 rings (SSSR count). The third-order valence-corrected chi connectivity index (χ3v) is 5.81. The molecule has 0 radical (unpaired) electrons. The van der Waals surface area contributed by atoms with Crippen LogP contribution in [0.15, 0.2) is 71.1 Å². The summed E-state index contributed by atoms with van der Waals surface area (Å²) in [5, 5.41) is 10.7. The minimum absolute atomic E-state index is 0.0159. The fourth-order valence-electron chi connectivity index (χ4n) is 4.22. The minimum atomic E-state index is -0.743. The quantitative estimate of drug-likeness (QED) is 0.437. The van der Waals surface area contributed by atoms with Gasteiger partial charge in [0.1, 0.15) is 12.4 Å². The van der Waals surface area contributed by atoms with E-state index in [1.807, 2.05) is 6.07 Å². The summed E-state index contributed by atoms with van der Waals surface area (Å²) in [6.07, 6.45) is 3.73. The Kier molecular flexibility index (Phi) is 7.26. The zero-order chi connectivity index (χ0) is 23.2. The maximum Gasteiger partial charge on any atom is 0.290 e. The number of nitrogens with zero attached hydrogens (tertiary/aromatic N) is 2. The van der Waals surface area contributed by atoms with Crippen LogP contribution in [-0.4, -0.2) is 72.6 Å². The molecular formula is C25H28N2O6. The number of carbonyl (C=O) groups is 2. The molecule has 0 spiro atoms. The van der Waals surface area contributed by atoms with Crippen LogP contribution in [0.3, 0.4) is 0 Å². The van der Waals surface area contributed by atoms with Crippen molar-refractivity contribution >= 4 is 11.7 Å². The highest BCUT2D eigenvalue weighted by molar-refractivity contribution is 6.15. The van der Waals surface area contributed by atoms with Gasteiger partial charge >= 0.3 is 0 Å². The molecule has 0 unspecified atom stereocenters. The molecule has 0 aliphatic carbocycles. The van der Waals surface area contributed by atoms with E-state index in [-0.39, 0.29) is 11.3 Å². The van der Waals surface area contributed by atoms with E-state index >= 15 is 0 Å². The van der Waals surface area contributed by atoms with E-state index in [4.69, 9.17) is 13.9 Å². The van der Waals surface area contributed by atoms with Crippen molar-refractivity contribution in [3.05, 3.63) is 78.0 Å². The van der Waals surface area contributed by atoms with Gasteiger partial charge in [-0.15, -0.1) is 0 Å². The fraction of sp³-hybridized carbons (Fsp3) is 0.360. The molecule has 1 N–H and O–H groups in total. The second kappa shape index (κ2) is 10.5. The number of Topliss-reactive ketones (excluding diaryl/α,β-unsaturated/α-hetero) is 1. The first-order chi connectivity index (χ1) is 16.1. The largest absolute Gasteiger partial charge is 0.503 e. The Labute approximate surface area is 192 Å². The van der Waals surface area contributed by atoms with Gasteiger partial charge in [-0.25, -0.2) is 0 Å². The standard InChI is InChI=1S/C25H28N2O6/c1-2-13-32-19-7-3-6-18(17-19)22-21(23(28)20-8-4-14-33-20)24(29)25(30)27(22)10-5-9-26-11-15-31-16-12-26/h2-4,6-8,14,17,22,29H,1,5,9-13,15-16H2/t22-/m0/s1. The smallest absolute Gasteiger partial charge is 0.290 e. The first-order valence-corrected chi connectivity index (χ1v) is 11.1. The molecule has 2 aromatic rings. The highest BCUT2D eigenvalue weighted by Crippen LogP contribution is 2.40. The second-order valence-electron chi connectivity index (χ2n) is 7.95. The lowest BCUT2D eigenvalue weighted by atomic mass is 9.95. The molecule has 8 nitrogen and oxygen atoms in total. The summed E-state index contributed by atoms with van der Waals surface area (Å²) in [6, 6.07) is 9.58. The topological polar surface area (TPSA) is 92.5 Å². The number of morpholine rings is 1. The SMILES string of the molecule is C=CCOc1cccc([C@H]2C(C(=O)c3ccco3)=C(O)C(=O)N2CCCN2CCOCC2)c1. The van der Waals surface area contributed by atoms with Gasteiger partial charge in [-0.05, 0) is 36.2 Å². The van der Waals surface area contributed by atoms with Crippen molar-refractivity contribution in [2.75, 3.05) is 46.0 Å². The molecule has 0 saturated carbocycles. The Balaban J connectivity index is 1.61. The van der Waals surface area contributed by atoms with Crippen LogP contribution in [0.25, 0.3) is 0 Å². The summed E-state index contributed by atoms with van der Waals surface area (Å²) in [4.78, 5) is 30.1. The van der Waals surface area contributed by atoms with Crippen LogP contribution in [-0.2, 0) is 9.53 Å². The van der Waals surface area contributed by atoms with E-state index in [1.54, 1.807) is 35.2 Å². The molecule has 1 amide bonds. The summed E-state index contributed by atoms with van der Waals surface area (Å²) < 4.78 is 16.3. The molecule has 174 valence electrons. The average Bonchev–Trinajstić information content (AvgIpc) is 3.46. The Morgan fingerprint density at radius 2 is 2.03 bits per heavy atom. The van der Waals surface area contributed by atoms with Crippen molar-refractivity contribution in [3.63, 3.8) is 0 Å². The molecule has 1 fully saturated rings. The van der Waals surface area contributed by atoms with E-state index < -0.39 is 23.5 Å². The van der Waals surface area contributed by atoms with Gasteiger partial charge in [-0.1, -0.05) is 24.8 Å². The Bertz CT molecular complexity index is 1020. The van der Waals surface area contributed by atoms with E-state index in [1.165, 1.54) is 12.3 Å². The van der Waals surface area contributed by atoms with Crippen molar-refractivity contribution in [1.82, 2.24) is 9.80 Å². The van der Waals surface area contributed by atoms with Crippen molar-refractivity contribution in [3.8, 4) is 5.75 Å². The molecule has 8 heteroatoms. The lowest BCUT2D eigenvalue weighted by Gasteiger charge is -2.30. The van der Waals surface area contributed by atoms with Crippen molar-refractivity contribution < 1.29 is 28.6 Å². The number of benzene rings is 1. The van der Waals surface area contributed by atoms with Crippen molar-refractivity contribution in [2.24, 2.45) is 0 Å². The average molecular weight is 453 g/mol. The van der Waals surface area contributed by atoms with Gasteiger partial charge in [0.05, 0.1) is 31.1 Å². The van der Waals surface area contributed by atoms with Crippen LogP contribution >= 0.6 is 0 Å². The number of amides is 1. The highest BCUT2D eigenvalue weighted by Gasteiger charge is 2.44. The van der Waals surface area contributed by atoms with Gasteiger partial charge in [0.2, 0.25) is 5.78 Å². The third kappa shape index (κ3) is 5.02. The van der Waals surface area contributed by atoms with Gasteiger partial charge in [0.25, 0.3) is 5.91 Å². The molecule has 2 aliphatic heterocycles. The number of hydrogen-bond donors (Lipinski definition) is 1. The predicted molar refractivity (Wildman–Crippen MR) is 121 cm³/mol. The second-order valence-corrected chi connectivity index (χ2v) is 7.95. The Hall–Kier alpha value is -3.36. The van der Waals surface area contributed by atoms with E-state index in [9.17, 15) is 14.7 Å². The minimum Gasteiger partial charge on any atom is -0.503 e. The van der Waals surface area contributed by atoms with E-state index in [0.717, 1.165) is 19.6 Å². The zero-order valence-corrected chi connectivity index (χ0v) is 18.4. The van der Waals surface area contributed by atoms with Crippen LogP contribution in [0, 0.1) is 0 Å². The number of ether oxygens (including phenoxy) is 2. The number of hydrogen-bond acceptors (Lipinski definition) is 7. The summed E-state index contributed by atoms with van der Waals surface area (Å²) >= 11 is 0. The molecule has 1 aromatic heterocycles. The normalized spacial score (nSPS) is 19.2. The number of aliphatic hydroxyl groups is 1. The Morgan fingerprint density at radius 3 is 2.76 bits per heavy atom. The number of rotatable bonds is 10. The molecular weight excluding hydrogens is 424 g/mol. The highest BCUT2D eigenvalue weighted by atomic mass is 16.5. The lowest BCUT2D eigenvalue weighted by molar-refractivity contribution is -0.129. The van der Waals surface area contributed by atoms with Crippen molar-refractivity contribution in [2.45, 2.75) is 12.5 Å². The maximum absolute atomic E-state index is 13.2. The number of aliphatic hydroxyl groups excluding tert-OH is 1. The summed E-state index contributed by atoms with van der Waals surface area (Å²) in [7, 11) is 0. The number of furan rings is 1. The van der Waals surface area contributed by atoms with Gasteiger partial charge in [-0.3, -0.25) is 14.5 Å². The fourth-order valence-corrected chi connectivity index (χ4v) is 4.22. The van der Waals surface area contributed by atoms with Crippen LogP contribution in [0.1, 0.15) is 28.6 Å². The molecule has 33 heavy (non-hydrogen) atoms. The van der Waals surface area contributed by atoms with Crippen molar-refractivity contribution in [1.29, 1.82) is 0 Å². The van der Waals surface area contributed by atoms with E-state index in [0.29, 0.717) is 44.1 Å². The first kappa shape index (κ1) is 22.8. The van der Waals surface area contributed by atoms with Gasteiger partial charge < -0.3 is 23.9 Å². The number of carbonyl (C=O) groups excluding carboxylic acids is 2.